The number of nitrogens with one attached hydrogen (secondary N) is 1. The number of rotatable bonds is 3. The van der Waals surface area contributed by atoms with Crippen molar-refractivity contribution in [1.29, 1.82) is 0 Å². The molecule has 0 aliphatic heterocycles. The zero-order chi connectivity index (χ0) is 11.4. The molecule has 2 rings (SSSR count). The quantitative estimate of drug-likeness (QED) is 0.817. The van der Waals surface area contributed by atoms with Gasteiger partial charge < -0.3 is 11.1 Å². The van der Waals surface area contributed by atoms with Crippen molar-refractivity contribution in [1.82, 2.24) is 5.32 Å². The predicted octanol–water partition coefficient (Wildman–Crippen LogP) is 2.35. The second-order valence-corrected chi connectivity index (χ2v) is 4.92. The van der Waals surface area contributed by atoms with Gasteiger partial charge in [0.15, 0.2) is 0 Å². The minimum absolute atomic E-state index is 0.346. The van der Waals surface area contributed by atoms with Gasteiger partial charge in [0.25, 0.3) is 0 Å². The van der Waals surface area contributed by atoms with Gasteiger partial charge in [0.1, 0.15) is 0 Å². The van der Waals surface area contributed by atoms with E-state index < -0.39 is 0 Å². The SMILES string of the molecule is Cc1ccc(CNC2CCCCC2N)cc1. The van der Waals surface area contributed by atoms with E-state index >= 15 is 0 Å². The molecular weight excluding hydrogens is 196 g/mol. The molecule has 1 fully saturated rings. The lowest BCUT2D eigenvalue weighted by Crippen LogP contribution is -2.46. The Morgan fingerprint density at radius 3 is 2.56 bits per heavy atom. The Morgan fingerprint density at radius 1 is 1.19 bits per heavy atom. The molecule has 2 heteroatoms. The summed E-state index contributed by atoms with van der Waals surface area (Å²) in [5.41, 5.74) is 8.77. The summed E-state index contributed by atoms with van der Waals surface area (Å²) in [5.74, 6) is 0. The molecule has 3 N–H and O–H groups in total. The van der Waals surface area contributed by atoms with Crippen molar-refractivity contribution in [2.45, 2.75) is 51.2 Å². The molecule has 1 aromatic rings. The highest BCUT2D eigenvalue weighted by molar-refractivity contribution is 5.21. The van der Waals surface area contributed by atoms with Crippen molar-refractivity contribution in [2.75, 3.05) is 0 Å². The van der Waals surface area contributed by atoms with Gasteiger partial charge in [0, 0.05) is 18.6 Å². The van der Waals surface area contributed by atoms with Gasteiger partial charge in [-0.05, 0) is 25.3 Å². The van der Waals surface area contributed by atoms with E-state index in [9.17, 15) is 0 Å². The Balaban J connectivity index is 1.84. The first-order chi connectivity index (χ1) is 7.75. The van der Waals surface area contributed by atoms with Crippen LogP contribution in [0.5, 0.6) is 0 Å². The van der Waals surface area contributed by atoms with Crippen LogP contribution in [0.3, 0.4) is 0 Å². The first kappa shape index (κ1) is 11.6. The zero-order valence-electron chi connectivity index (χ0n) is 10.1. The summed E-state index contributed by atoms with van der Waals surface area (Å²) >= 11 is 0. The Kier molecular flexibility index (Phi) is 3.97. The van der Waals surface area contributed by atoms with Gasteiger partial charge in [0.2, 0.25) is 0 Å². The lowest BCUT2D eigenvalue weighted by molar-refractivity contribution is 0.326. The normalized spacial score (nSPS) is 25.6. The number of hydrogen-bond donors (Lipinski definition) is 2. The highest BCUT2D eigenvalue weighted by Crippen LogP contribution is 2.17. The molecular formula is C14H22N2. The molecule has 0 amide bonds. The van der Waals surface area contributed by atoms with E-state index in [1.165, 1.54) is 36.8 Å². The first-order valence-electron chi connectivity index (χ1n) is 6.30. The number of benzene rings is 1. The molecule has 0 aromatic heterocycles. The first-order valence-corrected chi connectivity index (χ1v) is 6.30. The monoisotopic (exact) mass is 218 g/mol. The number of hydrogen-bond acceptors (Lipinski definition) is 2. The van der Waals surface area contributed by atoms with Crippen molar-refractivity contribution < 1.29 is 0 Å². The maximum absolute atomic E-state index is 6.10. The number of aryl methyl sites for hydroxylation is 1. The molecule has 2 nitrogen and oxygen atoms in total. The van der Waals surface area contributed by atoms with Gasteiger partial charge in [-0.15, -0.1) is 0 Å². The van der Waals surface area contributed by atoms with Crippen LogP contribution in [0, 0.1) is 6.92 Å². The smallest absolute Gasteiger partial charge is 0.0222 e. The van der Waals surface area contributed by atoms with Gasteiger partial charge >= 0.3 is 0 Å². The highest BCUT2D eigenvalue weighted by Gasteiger charge is 2.20. The molecule has 0 radical (unpaired) electrons. The van der Waals surface area contributed by atoms with Crippen LogP contribution in [-0.4, -0.2) is 12.1 Å². The van der Waals surface area contributed by atoms with Crippen LogP contribution >= 0.6 is 0 Å². The Labute approximate surface area is 98.2 Å². The van der Waals surface area contributed by atoms with Gasteiger partial charge in [0.05, 0.1) is 0 Å². The van der Waals surface area contributed by atoms with Crippen LogP contribution in [0.25, 0.3) is 0 Å². The molecule has 16 heavy (non-hydrogen) atoms. The van der Waals surface area contributed by atoms with Gasteiger partial charge in [-0.2, -0.15) is 0 Å². The van der Waals surface area contributed by atoms with Gasteiger partial charge in [-0.3, -0.25) is 0 Å². The topological polar surface area (TPSA) is 38.0 Å². The third-order valence-corrected chi connectivity index (χ3v) is 3.51. The third kappa shape index (κ3) is 3.06. The second kappa shape index (κ2) is 5.46. The average molecular weight is 218 g/mol. The molecule has 0 saturated heterocycles. The lowest BCUT2D eigenvalue weighted by Gasteiger charge is -2.29. The van der Waals surface area contributed by atoms with E-state index in [2.05, 4.69) is 36.5 Å². The van der Waals surface area contributed by atoms with Gasteiger partial charge in [-0.1, -0.05) is 42.7 Å². The lowest BCUT2D eigenvalue weighted by atomic mass is 9.91. The summed E-state index contributed by atoms with van der Waals surface area (Å²) in [6.07, 6.45) is 5.02. The van der Waals surface area contributed by atoms with Crippen LogP contribution in [0.15, 0.2) is 24.3 Å². The van der Waals surface area contributed by atoms with E-state index in [1.54, 1.807) is 0 Å². The van der Waals surface area contributed by atoms with Crippen LogP contribution in [0.1, 0.15) is 36.8 Å². The summed E-state index contributed by atoms with van der Waals surface area (Å²) in [6, 6.07) is 9.57. The van der Waals surface area contributed by atoms with Crippen molar-refractivity contribution in [3.63, 3.8) is 0 Å². The van der Waals surface area contributed by atoms with Crippen molar-refractivity contribution in [3.8, 4) is 0 Å². The molecule has 1 aromatic carbocycles. The molecule has 1 aliphatic rings. The van der Waals surface area contributed by atoms with E-state index in [-0.39, 0.29) is 0 Å². The average Bonchev–Trinajstić information content (AvgIpc) is 2.30. The fourth-order valence-corrected chi connectivity index (χ4v) is 2.37. The van der Waals surface area contributed by atoms with E-state index in [4.69, 9.17) is 5.73 Å². The Hall–Kier alpha value is -0.860. The number of nitrogens with two attached hydrogens (primary N) is 1. The van der Waals surface area contributed by atoms with Crippen molar-refractivity contribution in [2.24, 2.45) is 5.73 Å². The standard InChI is InChI=1S/C14H22N2/c1-11-6-8-12(9-7-11)10-16-14-5-3-2-4-13(14)15/h6-9,13-14,16H,2-5,10,15H2,1H3. The van der Waals surface area contributed by atoms with Crippen LogP contribution in [-0.2, 0) is 6.54 Å². The van der Waals surface area contributed by atoms with Crippen molar-refractivity contribution >= 4 is 0 Å². The summed E-state index contributed by atoms with van der Waals surface area (Å²) in [5, 5.41) is 3.58. The summed E-state index contributed by atoms with van der Waals surface area (Å²) in [4.78, 5) is 0. The highest BCUT2D eigenvalue weighted by atomic mass is 15.0. The summed E-state index contributed by atoms with van der Waals surface area (Å²) < 4.78 is 0. The fourth-order valence-electron chi connectivity index (χ4n) is 2.37. The van der Waals surface area contributed by atoms with E-state index in [0.29, 0.717) is 12.1 Å². The Bertz CT molecular complexity index is 318. The fraction of sp³-hybridized carbons (Fsp3) is 0.571. The second-order valence-electron chi connectivity index (χ2n) is 4.92. The molecule has 1 aliphatic carbocycles. The molecule has 1 saturated carbocycles. The van der Waals surface area contributed by atoms with Gasteiger partial charge in [-0.25, -0.2) is 0 Å². The van der Waals surface area contributed by atoms with Crippen LogP contribution in [0.2, 0.25) is 0 Å². The zero-order valence-corrected chi connectivity index (χ0v) is 10.1. The van der Waals surface area contributed by atoms with E-state index in [0.717, 1.165) is 6.54 Å². The minimum Gasteiger partial charge on any atom is -0.326 e. The van der Waals surface area contributed by atoms with Crippen molar-refractivity contribution in [3.05, 3.63) is 35.4 Å². The summed E-state index contributed by atoms with van der Waals surface area (Å²) in [6.45, 7) is 3.06. The summed E-state index contributed by atoms with van der Waals surface area (Å²) in [7, 11) is 0. The molecule has 88 valence electrons. The predicted molar refractivity (Wildman–Crippen MR) is 68.3 cm³/mol. The van der Waals surface area contributed by atoms with E-state index in [1.807, 2.05) is 0 Å². The Morgan fingerprint density at radius 2 is 1.88 bits per heavy atom. The molecule has 2 unspecified atom stereocenters. The molecule has 2 atom stereocenters. The minimum atomic E-state index is 0.346. The maximum atomic E-state index is 6.10. The molecule has 0 heterocycles. The maximum Gasteiger partial charge on any atom is 0.0222 e. The van der Waals surface area contributed by atoms with Crippen LogP contribution in [0.4, 0.5) is 0 Å². The van der Waals surface area contributed by atoms with Crippen LogP contribution < -0.4 is 11.1 Å². The molecule has 0 bridgehead atoms. The third-order valence-electron chi connectivity index (χ3n) is 3.51. The molecule has 0 spiro atoms. The largest absolute Gasteiger partial charge is 0.326 e.